The number of carbonyl (C=O) groups is 9. The van der Waals surface area contributed by atoms with Crippen molar-refractivity contribution in [2.24, 2.45) is 39.8 Å². The van der Waals surface area contributed by atoms with Crippen LogP contribution in [-0.2, 0) is 62.4 Å². The average Bonchev–Trinajstić information content (AvgIpc) is 4.09. The number of amides is 8. The number of guanidine groups is 1. The van der Waals surface area contributed by atoms with Crippen LogP contribution in [0.25, 0.3) is 0 Å². The number of carboxylic acids is 1. The molecule has 0 spiro atoms. The summed E-state index contributed by atoms with van der Waals surface area (Å²) in [6.07, 6.45) is 3.11. The van der Waals surface area contributed by atoms with Crippen molar-refractivity contribution in [3.8, 4) is 5.75 Å². The molecule has 26 heteroatoms. The van der Waals surface area contributed by atoms with Crippen molar-refractivity contribution in [3.05, 3.63) is 77.9 Å². The number of H-pyrrole nitrogens is 1. The lowest BCUT2D eigenvalue weighted by molar-refractivity contribution is -0.145. The maximum atomic E-state index is 14.6. The quantitative estimate of drug-likeness (QED) is 0.0150. The highest BCUT2D eigenvalue weighted by molar-refractivity contribution is 5.98. The van der Waals surface area contributed by atoms with Crippen molar-refractivity contribution in [2.45, 2.75) is 134 Å². The van der Waals surface area contributed by atoms with Gasteiger partial charge in [-0.1, -0.05) is 58.4 Å². The lowest BCUT2D eigenvalue weighted by atomic mass is 9.96. The third kappa shape index (κ3) is 18.6. The molecular weight excluding hydrogens is 987 g/mol. The van der Waals surface area contributed by atoms with E-state index in [1.54, 1.807) is 52.0 Å². The number of likely N-dealkylation sites (tertiary alicyclic amines) is 1. The number of primary amides is 1. The minimum atomic E-state index is -1.42. The van der Waals surface area contributed by atoms with Crippen LogP contribution in [0.4, 0.5) is 5.69 Å². The predicted molar refractivity (Wildman–Crippen MR) is 279 cm³/mol. The summed E-state index contributed by atoms with van der Waals surface area (Å²) in [6, 6.07) is 1.86. The summed E-state index contributed by atoms with van der Waals surface area (Å²) in [5, 5.41) is 36.1. The number of aliphatic carboxylic acids is 1. The Balaban J connectivity index is 1.59. The minimum Gasteiger partial charge on any atom is -0.508 e. The zero-order chi connectivity index (χ0) is 56.2. The van der Waals surface area contributed by atoms with E-state index in [2.05, 4.69) is 46.9 Å². The van der Waals surface area contributed by atoms with E-state index in [1.165, 1.54) is 41.7 Å². The maximum Gasteiger partial charge on any atom is 0.326 e. The number of carboxylic acid groups (broad SMARTS) is 1. The van der Waals surface area contributed by atoms with Gasteiger partial charge >= 0.3 is 5.97 Å². The monoisotopic (exact) mass is 1060 g/mol. The molecule has 26 nitrogen and oxygen atoms in total. The average molecular weight is 1060 g/mol. The van der Waals surface area contributed by atoms with Gasteiger partial charge in [-0.25, -0.2) is 9.78 Å². The first-order chi connectivity index (χ1) is 36.0. The number of benzene rings is 2. The molecule has 1 aromatic heterocycles. The van der Waals surface area contributed by atoms with Crippen LogP contribution < -0.4 is 60.6 Å². The molecular formula is C50H73N15O11. The van der Waals surface area contributed by atoms with Gasteiger partial charge in [0.2, 0.25) is 47.3 Å². The molecule has 414 valence electrons. The Labute approximate surface area is 439 Å². The summed E-state index contributed by atoms with van der Waals surface area (Å²) in [5.74, 6) is -9.06. The number of nitrogens with two attached hydrogens (primary N) is 5. The number of nitrogen functional groups attached to an aromatic ring is 1. The predicted octanol–water partition coefficient (Wildman–Crippen LogP) is -2.33. The zero-order valence-electron chi connectivity index (χ0n) is 43.1. The standard InChI is InChI=1S/C50H73N15O11/c1-5-27(4)41(47(73)61-36(22-31-24-56-25-58-31)48(74)65-19-7-9-38(65)45(71)62-37(49(75)76)21-28-10-14-30(51)15-11-28)64-44(70)35(20-29-12-16-32(66)17-13-29)60-46(72)40(26(2)3)63-43(69)34(8-6-18-57-50(54)55)59-42(68)33(52)23-39(53)67/h10-17,24-27,33-38,40-41,66H,5-9,18-23,51-52H2,1-4H3,(H2,53,67)(H,56,58)(H,59,68)(H,60,72)(H,61,73)(H,62,71)(H,63,69)(H,64,70)(H,75,76)(H4,54,55,57)/t27-,33-,34-,35-,36-,37-,38-,40-,41-/m0/s1. The SMILES string of the molecule is CC[C@H](C)[C@H](NC(=O)[C@H](Cc1ccc(O)cc1)NC(=O)[C@@H](NC(=O)[C@H](CCCN=C(N)N)NC(=O)[C@@H](N)CC(N)=O)C(C)C)C(=O)N[C@@H](Cc1cnc[nH]1)C(=O)N1CCC[C@H]1C(=O)N[C@@H](Cc1ccc(N)cc1)C(=O)O. The molecule has 4 rings (SSSR count). The Morgan fingerprint density at radius 1 is 0.750 bits per heavy atom. The molecule has 1 saturated heterocycles. The first-order valence-electron chi connectivity index (χ1n) is 25.0. The number of aliphatic imine (C=N–C) groups is 1. The Bertz CT molecular complexity index is 2500. The van der Waals surface area contributed by atoms with E-state index < -0.39 is 120 Å². The van der Waals surface area contributed by atoms with Crippen molar-refractivity contribution >= 4 is 64.9 Å². The van der Waals surface area contributed by atoms with Gasteiger partial charge in [0.15, 0.2) is 5.96 Å². The van der Waals surface area contributed by atoms with E-state index in [1.807, 2.05) is 0 Å². The second-order valence-corrected chi connectivity index (χ2v) is 19.2. The fraction of sp³-hybridized carbons (Fsp3) is 0.500. The van der Waals surface area contributed by atoms with Gasteiger partial charge < -0.3 is 80.7 Å². The number of nitrogens with zero attached hydrogens (tertiary/aromatic N) is 3. The number of nitrogens with one attached hydrogen (secondary N) is 7. The second-order valence-electron chi connectivity index (χ2n) is 19.2. The summed E-state index contributed by atoms with van der Waals surface area (Å²) >= 11 is 0. The van der Waals surface area contributed by atoms with Gasteiger partial charge in [-0.3, -0.25) is 43.3 Å². The molecule has 2 heterocycles. The van der Waals surface area contributed by atoms with Crippen molar-refractivity contribution in [1.82, 2.24) is 46.8 Å². The number of imidazole rings is 1. The van der Waals surface area contributed by atoms with Gasteiger partial charge in [-0.2, -0.15) is 0 Å². The van der Waals surface area contributed by atoms with E-state index in [0.717, 1.165) is 0 Å². The van der Waals surface area contributed by atoms with Gasteiger partial charge in [-0.15, -0.1) is 0 Å². The van der Waals surface area contributed by atoms with E-state index >= 15 is 0 Å². The topological polar surface area (TPSA) is 441 Å². The third-order valence-corrected chi connectivity index (χ3v) is 12.9. The zero-order valence-corrected chi connectivity index (χ0v) is 43.1. The van der Waals surface area contributed by atoms with Crippen LogP contribution in [-0.4, -0.2) is 146 Å². The number of aromatic hydroxyl groups is 1. The van der Waals surface area contributed by atoms with Crippen molar-refractivity contribution in [3.63, 3.8) is 0 Å². The van der Waals surface area contributed by atoms with E-state index in [4.69, 9.17) is 28.7 Å². The molecule has 19 N–H and O–H groups in total. The van der Waals surface area contributed by atoms with Crippen LogP contribution in [0.5, 0.6) is 5.75 Å². The smallest absolute Gasteiger partial charge is 0.326 e. The van der Waals surface area contributed by atoms with E-state index in [-0.39, 0.29) is 63.3 Å². The van der Waals surface area contributed by atoms with Crippen LogP contribution in [0, 0.1) is 11.8 Å². The van der Waals surface area contributed by atoms with Crippen LogP contribution in [0.15, 0.2) is 66.0 Å². The molecule has 9 atom stereocenters. The van der Waals surface area contributed by atoms with Crippen molar-refractivity contribution < 1.29 is 53.4 Å². The number of hydrogen-bond donors (Lipinski definition) is 14. The first kappa shape index (κ1) is 60.3. The molecule has 0 aliphatic carbocycles. The number of rotatable bonds is 29. The number of phenolic OH excluding ortho intramolecular Hbond substituents is 1. The number of carbonyl (C=O) groups excluding carboxylic acids is 8. The lowest BCUT2D eigenvalue weighted by Gasteiger charge is -2.32. The maximum absolute atomic E-state index is 14.6. The summed E-state index contributed by atoms with van der Waals surface area (Å²) in [6.45, 7) is 6.94. The molecule has 1 aliphatic rings. The van der Waals surface area contributed by atoms with Gasteiger partial charge in [-0.05, 0) is 72.9 Å². The molecule has 0 radical (unpaired) electrons. The van der Waals surface area contributed by atoms with Crippen LogP contribution in [0.1, 0.15) is 83.0 Å². The Hall–Kier alpha value is -8.29. The van der Waals surface area contributed by atoms with Crippen molar-refractivity contribution in [1.29, 1.82) is 0 Å². The summed E-state index contributed by atoms with van der Waals surface area (Å²) in [7, 11) is 0. The van der Waals surface area contributed by atoms with Crippen LogP contribution in [0.2, 0.25) is 0 Å². The number of aromatic amines is 1. The van der Waals surface area contributed by atoms with E-state index in [9.17, 15) is 53.4 Å². The molecule has 3 aromatic rings. The normalized spacial score (nSPS) is 16.3. The highest BCUT2D eigenvalue weighted by Crippen LogP contribution is 2.21. The molecule has 8 amide bonds. The molecule has 76 heavy (non-hydrogen) atoms. The van der Waals surface area contributed by atoms with Crippen LogP contribution >= 0.6 is 0 Å². The Kier molecular flexibility index (Phi) is 23.0. The fourth-order valence-electron chi connectivity index (χ4n) is 8.38. The number of anilines is 1. The summed E-state index contributed by atoms with van der Waals surface area (Å²) < 4.78 is 0. The second kappa shape index (κ2) is 29.0. The van der Waals surface area contributed by atoms with Gasteiger partial charge in [0.1, 0.15) is 48.0 Å². The number of hydrogen-bond acceptors (Lipinski definition) is 14. The minimum absolute atomic E-state index is 0.0312. The van der Waals surface area contributed by atoms with Gasteiger partial charge in [0.25, 0.3) is 0 Å². The Morgan fingerprint density at radius 3 is 1.91 bits per heavy atom. The fourth-order valence-corrected chi connectivity index (χ4v) is 8.38. The third-order valence-electron chi connectivity index (χ3n) is 12.9. The molecule has 1 fully saturated rings. The molecule has 2 aromatic carbocycles. The molecule has 0 bridgehead atoms. The lowest BCUT2D eigenvalue weighted by Crippen LogP contribution is -2.62. The largest absolute Gasteiger partial charge is 0.508 e. The number of aromatic nitrogens is 2. The highest BCUT2D eigenvalue weighted by Gasteiger charge is 2.41. The van der Waals surface area contributed by atoms with Gasteiger partial charge in [0.05, 0.1) is 18.8 Å². The molecule has 0 unspecified atom stereocenters. The summed E-state index contributed by atoms with van der Waals surface area (Å²) in [4.78, 5) is 135. The van der Waals surface area contributed by atoms with E-state index in [0.29, 0.717) is 35.3 Å². The Morgan fingerprint density at radius 2 is 1.33 bits per heavy atom. The van der Waals surface area contributed by atoms with Gasteiger partial charge in [0, 0.05) is 49.9 Å². The highest BCUT2D eigenvalue weighted by atomic mass is 16.4. The number of phenols is 1. The first-order valence-corrected chi connectivity index (χ1v) is 25.0. The summed E-state index contributed by atoms with van der Waals surface area (Å²) in [5.41, 5.74) is 29.8. The molecule has 1 aliphatic heterocycles. The van der Waals surface area contributed by atoms with Crippen molar-refractivity contribution in [2.75, 3.05) is 18.8 Å². The molecule has 0 saturated carbocycles. The van der Waals surface area contributed by atoms with Crippen LogP contribution in [0.3, 0.4) is 0 Å².